The van der Waals surface area contributed by atoms with Crippen molar-refractivity contribution in [2.24, 2.45) is 0 Å². The monoisotopic (exact) mass is 470 g/mol. The molecule has 1 unspecified atom stereocenters. The molecule has 2 N–H and O–H groups in total. The summed E-state index contributed by atoms with van der Waals surface area (Å²) < 4.78 is 5.34. The number of benzene rings is 1. The molecule has 1 atom stereocenters. The molecule has 0 bridgehead atoms. The van der Waals surface area contributed by atoms with E-state index in [0.29, 0.717) is 33.1 Å². The number of aromatic nitrogens is 4. The maximum absolute atomic E-state index is 12.9. The van der Waals surface area contributed by atoms with Gasteiger partial charge in [-0.05, 0) is 47.9 Å². The fourth-order valence-electron chi connectivity index (χ4n) is 3.59. The van der Waals surface area contributed by atoms with E-state index < -0.39 is 0 Å². The van der Waals surface area contributed by atoms with Crippen LogP contribution < -0.4 is 15.4 Å². The van der Waals surface area contributed by atoms with E-state index >= 15 is 0 Å². The fraction of sp³-hybridized carbons (Fsp3) is 0.318. The van der Waals surface area contributed by atoms with E-state index in [2.05, 4.69) is 30.6 Å². The Morgan fingerprint density at radius 2 is 1.97 bits per heavy atom. The number of methoxy groups -OCH3 is 1. The van der Waals surface area contributed by atoms with Crippen LogP contribution >= 0.6 is 23.4 Å². The molecule has 1 amide bonds. The van der Waals surface area contributed by atoms with E-state index in [-0.39, 0.29) is 18.5 Å². The molecule has 166 valence electrons. The zero-order valence-corrected chi connectivity index (χ0v) is 19.3. The van der Waals surface area contributed by atoms with E-state index in [4.69, 9.17) is 16.3 Å². The Bertz CT molecular complexity index is 1120. The Labute approximate surface area is 195 Å². The van der Waals surface area contributed by atoms with E-state index in [0.717, 1.165) is 24.2 Å². The molecule has 2 heterocycles. The first-order chi connectivity index (χ1) is 15.6. The summed E-state index contributed by atoms with van der Waals surface area (Å²) in [6.45, 7) is 2.25. The fourth-order valence-corrected chi connectivity index (χ4v) is 4.39. The second kappa shape index (κ2) is 10.1. The summed E-state index contributed by atoms with van der Waals surface area (Å²) in [6, 6.07) is 5.73. The lowest BCUT2D eigenvalue weighted by molar-refractivity contribution is 0.0949. The van der Waals surface area contributed by atoms with Gasteiger partial charge >= 0.3 is 0 Å². The third kappa shape index (κ3) is 5.11. The maximum atomic E-state index is 12.9. The molecule has 2 aromatic heterocycles. The molecule has 10 heteroatoms. The van der Waals surface area contributed by atoms with Crippen LogP contribution in [-0.4, -0.2) is 44.7 Å². The highest BCUT2D eigenvalue weighted by Gasteiger charge is 2.25. The summed E-state index contributed by atoms with van der Waals surface area (Å²) >= 11 is 7.82. The largest absolute Gasteiger partial charge is 0.495 e. The lowest BCUT2D eigenvalue weighted by atomic mass is 10.1. The highest BCUT2D eigenvalue weighted by Crippen LogP contribution is 2.34. The van der Waals surface area contributed by atoms with E-state index in [1.807, 2.05) is 19.1 Å². The van der Waals surface area contributed by atoms with Crippen LogP contribution in [0.5, 0.6) is 5.75 Å². The Morgan fingerprint density at radius 1 is 1.22 bits per heavy atom. The molecule has 0 saturated heterocycles. The van der Waals surface area contributed by atoms with Crippen molar-refractivity contribution in [3.8, 4) is 5.75 Å². The van der Waals surface area contributed by atoms with E-state index in [9.17, 15) is 4.79 Å². The van der Waals surface area contributed by atoms with Gasteiger partial charge in [0, 0.05) is 24.6 Å². The van der Waals surface area contributed by atoms with Gasteiger partial charge in [-0.3, -0.25) is 4.79 Å². The van der Waals surface area contributed by atoms with Crippen LogP contribution in [0.1, 0.15) is 34.2 Å². The zero-order valence-electron chi connectivity index (χ0n) is 17.8. The molecule has 0 spiro atoms. The molecule has 1 aliphatic rings. The first kappa shape index (κ1) is 22.3. The van der Waals surface area contributed by atoms with Crippen molar-refractivity contribution < 1.29 is 9.53 Å². The SMILES string of the molecule is CCSc1ncc(C(=O)NCc2ncccn2)c(NC2Cc3cc(Cl)c(OC)cc3C2)n1. The number of halogens is 1. The van der Waals surface area contributed by atoms with E-state index in [1.165, 1.54) is 17.3 Å². The standard InChI is InChI=1S/C22H23ClN6O2S/c1-3-32-22-27-11-16(21(30)26-12-19-24-5-4-6-25-19)20(29-22)28-15-7-13-9-17(23)18(31-2)10-14(13)8-15/h4-6,9-11,15H,3,7-8,12H2,1-2H3,(H,26,30)(H,27,28,29). The van der Waals surface area contributed by atoms with Crippen molar-refractivity contribution in [3.05, 3.63) is 64.3 Å². The molecule has 4 rings (SSSR count). The van der Waals surface area contributed by atoms with Crippen LogP contribution in [-0.2, 0) is 19.4 Å². The van der Waals surface area contributed by atoms with Gasteiger partial charge in [-0.1, -0.05) is 30.3 Å². The van der Waals surface area contributed by atoms with Gasteiger partial charge in [-0.2, -0.15) is 0 Å². The molecule has 0 radical (unpaired) electrons. The summed E-state index contributed by atoms with van der Waals surface area (Å²) in [7, 11) is 1.61. The van der Waals surface area contributed by atoms with Crippen molar-refractivity contribution in [2.75, 3.05) is 18.2 Å². The van der Waals surface area contributed by atoms with Crippen molar-refractivity contribution in [2.45, 2.75) is 37.5 Å². The van der Waals surface area contributed by atoms with Crippen molar-refractivity contribution >= 4 is 35.1 Å². The molecule has 8 nitrogen and oxygen atoms in total. The molecular weight excluding hydrogens is 448 g/mol. The van der Waals surface area contributed by atoms with Crippen molar-refractivity contribution in [1.82, 2.24) is 25.3 Å². The number of nitrogens with one attached hydrogen (secondary N) is 2. The predicted molar refractivity (Wildman–Crippen MR) is 124 cm³/mol. The van der Waals surface area contributed by atoms with Gasteiger partial charge in [0.25, 0.3) is 5.91 Å². The minimum atomic E-state index is -0.284. The number of fused-ring (bicyclic) bond motifs is 1. The smallest absolute Gasteiger partial charge is 0.256 e. The molecule has 0 saturated carbocycles. The summed E-state index contributed by atoms with van der Waals surface area (Å²) in [5.74, 6) is 2.26. The van der Waals surface area contributed by atoms with Crippen molar-refractivity contribution in [3.63, 3.8) is 0 Å². The molecule has 3 aromatic rings. The average Bonchev–Trinajstić information content (AvgIpc) is 3.18. The number of anilines is 1. The number of nitrogens with zero attached hydrogens (tertiary/aromatic N) is 4. The molecule has 0 aliphatic heterocycles. The van der Waals surface area contributed by atoms with Crippen LogP contribution in [0.3, 0.4) is 0 Å². The molecule has 1 aromatic carbocycles. The average molecular weight is 471 g/mol. The van der Waals surface area contributed by atoms with Gasteiger partial charge in [0.15, 0.2) is 5.16 Å². The van der Waals surface area contributed by atoms with Gasteiger partial charge in [0.05, 0.1) is 18.7 Å². The van der Waals surface area contributed by atoms with Crippen LogP contribution in [0, 0.1) is 0 Å². The van der Waals surface area contributed by atoms with Gasteiger partial charge in [-0.25, -0.2) is 19.9 Å². The zero-order chi connectivity index (χ0) is 22.5. The quantitative estimate of drug-likeness (QED) is 0.380. The molecule has 0 fully saturated rings. The number of carbonyl (C=O) groups is 1. The maximum Gasteiger partial charge on any atom is 0.256 e. The van der Waals surface area contributed by atoms with Crippen LogP contribution in [0.15, 0.2) is 41.9 Å². The third-order valence-electron chi connectivity index (χ3n) is 5.06. The molecular formula is C22H23ClN6O2S. The molecule has 1 aliphatic carbocycles. The topological polar surface area (TPSA) is 102 Å². The highest BCUT2D eigenvalue weighted by molar-refractivity contribution is 7.99. The number of thioether (sulfide) groups is 1. The predicted octanol–water partition coefficient (Wildman–Crippen LogP) is 3.55. The van der Waals surface area contributed by atoms with Gasteiger partial charge in [0.1, 0.15) is 23.0 Å². The summed E-state index contributed by atoms with van der Waals surface area (Å²) in [4.78, 5) is 30.1. The number of hydrogen-bond donors (Lipinski definition) is 2. The Morgan fingerprint density at radius 3 is 2.69 bits per heavy atom. The lowest BCUT2D eigenvalue weighted by Crippen LogP contribution is -2.28. The number of ether oxygens (including phenoxy) is 1. The minimum absolute atomic E-state index is 0.0755. The van der Waals surface area contributed by atoms with Gasteiger partial charge in [0.2, 0.25) is 0 Å². The number of carbonyl (C=O) groups excluding carboxylic acids is 1. The lowest BCUT2D eigenvalue weighted by Gasteiger charge is -2.16. The number of rotatable bonds is 8. The van der Waals surface area contributed by atoms with E-state index in [1.54, 1.807) is 31.8 Å². The second-order valence-corrected chi connectivity index (χ2v) is 8.84. The first-order valence-electron chi connectivity index (χ1n) is 10.2. The minimum Gasteiger partial charge on any atom is -0.495 e. The number of hydrogen-bond acceptors (Lipinski definition) is 8. The van der Waals surface area contributed by atoms with Crippen LogP contribution in [0.4, 0.5) is 5.82 Å². The van der Waals surface area contributed by atoms with Crippen LogP contribution in [0.25, 0.3) is 0 Å². The summed E-state index contributed by atoms with van der Waals surface area (Å²) in [5.41, 5.74) is 2.72. The van der Waals surface area contributed by atoms with Crippen molar-refractivity contribution in [1.29, 1.82) is 0 Å². The Hall–Kier alpha value is -2.91. The second-order valence-electron chi connectivity index (χ2n) is 7.20. The Balaban J connectivity index is 1.52. The third-order valence-corrected chi connectivity index (χ3v) is 6.10. The normalized spacial score (nSPS) is 14.7. The molecule has 32 heavy (non-hydrogen) atoms. The summed E-state index contributed by atoms with van der Waals surface area (Å²) in [6.07, 6.45) is 6.40. The highest BCUT2D eigenvalue weighted by atomic mass is 35.5. The first-order valence-corrected chi connectivity index (χ1v) is 11.6. The summed E-state index contributed by atoms with van der Waals surface area (Å²) in [5, 5.41) is 7.52. The Kier molecular flexibility index (Phi) is 7.06. The number of amides is 1. The van der Waals surface area contributed by atoms with Crippen LogP contribution in [0.2, 0.25) is 5.02 Å². The van der Waals surface area contributed by atoms with Gasteiger partial charge in [-0.15, -0.1) is 0 Å². The van der Waals surface area contributed by atoms with Gasteiger partial charge < -0.3 is 15.4 Å².